The Kier molecular flexibility index (Phi) is 61.9. The van der Waals surface area contributed by atoms with Crippen LogP contribution in [-0.4, -0.2) is 307 Å². The number of ether oxygens (including phenoxy) is 3. The van der Waals surface area contributed by atoms with Gasteiger partial charge in [-0.2, -0.15) is 0 Å². The van der Waals surface area contributed by atoms with E-state index < -0.39 is 178 Å². The second kappa shape index (κ2) is 59.4. The number of fused-ring (bicyclic) bond motifs is 5. The molecule has 8 N–H and O–H groups in total. The Bertz CT molecular complexity index is 2680. The number of nitrogens with one attached hydrogen (secondary N) is 3. The largest absolute Gasteiger partial charge is 3.00 e. The van der Waals surface area contributed by atoms with Crippen molar-refractivity contribution in [1.82, 2.24) is 45.3 Å². The van der Waals surface area contributed by atoms with Crippen molar-refractivity contribution in [3.05, 3.63) is 0 Å². The summed E-state index contributed by atoms with van der Waals surface area (Å²) in [6, 6.07) is -3.34. The molecular weight excluding hydrogens is 1820 g/mol. The summed E-state index contributed by atoms with van der Waals surface area (Å²) in [5, 5.41) is 155. The summed E-state index contributed by atoms with van der Waals surface area (Å²) in [6.45, 7) is -2.03. The van der Waals surface area contributed by atoms with Gasteiger partial charge in [0.15, 0.2) is 0 Å². The van der Waals surface area contributed by atoms with Crippen LogP contribution in [0.3, 0.4) is 0 Å². The van der Waals surface area contributed by atoms with E-state index in [0.717, 1.165) is 32.4 Å². The normalized spacial score (nSPS) is 24.9. The number of amides is 1. The molecule has 37 nitrogen and oxygen atoms in total. The van der Waals surface area contributed by atoms with Crippen LogP contribution >= 0.6 is 0 Å². The van der Waals surface area contributed by atoms with Crippen molar-refractivity contribution in [1.29, 1.82) is 0 Å². The molecule has 0 saturated heterocycles. The molecule has 5 aliphatic carbocycles. The summed E-state index contributed by atoms with van der Waals surface area (Å²) in [5.41, 5.74) is -0.763. The van der Waals surface area contributed by atoms with E-state index in [1.54, 1.807) is 0 Å². The summed E-state index contributed by atoms with van der Waals surface area (Å²) in [6.07, 6.45) is 2.33. The van der Waals surface area contributed by atoms with Crippen molar-refractivity contribution in [2.75, 3.05) is 131 Å². The Labute approximate surface area is 827 Å². The smallest absolute Gasteiger partial charge is 0.550 e. The number of carboxylic acid groups (broad SMARTS) is 11. The van der Waals surface area contributed by atoms with Crippen LogP contribution in [-0.2, 0) is 67.0 Å². The van der Waals surface area contributed by atoms with E-state index >= 15 is 0 Å². The van der Waals surface area contributed by atoms with Gasteiger partial charge in [-0.25, -0.2) is 4.79 Å². The first-order chi connectivity index (χ1) is 49.5. The molecular formula is C68H105Gd2N9Na5O28+3. The summed E-state index contributed by atoms with van der Waals surface area (Å²) < 4.78 is 18.7. The van der Waals surface area contributed by atoms with E-state index in [0.29, 0.717) is 51.4 Å². The van der Waals surface area contributed by atoms with Crippen LogP contribution in [0.25, 0.3) is 0 Å². The van der Waals surface area contributed by atoms with Gasteiger partial charge in [-0.3, -0.25) is 54.4 Å². The minimum absolute atomic E-state index is 0. The number of rotatable bonds is 54. The van der Waals surface area contributed by atoms with Crippen LogP contribution in [0.1, 0.15) is 130 Å². The molecule has 5 saturated carbocycles. The van der Waals surface area contributed by atoms with Gasteiger partial charge in [0.25, 0.3) is 0 Å². The number of carbonyl (C=O) groups is 12. The summed E-state index contributed by atoms with van der Waals surface area (Å²) in [7, 11) is 0. The van der Waals surface area contributed by atoms with E-state index in [-0.39, 0.29) is 392 Å². The number of nitrogens with zero attached hydrogens (tertiary/aromatic N) is 6. The average molecular weight is 1930 g/mol. The molecule has 1 amide bonds. The van der Waals surface area contributed by atoms with Gasteiger partial charge in [0.2, 0.25) is 0 Å². The van der Waals surface area contributed by atoms with E-state index in [4.69, 9.17) is 14.2 Å². The molecule has 112 heavy (non-hydrogen) atoms. The molecule has 0 aromatic heterocycles. The molecule has 44 heteroatoms. The topological polar surface area (TPSA) is 574 Å². The van der Waals surface area contributed by atoms with Crippen LogP contribution in [0.4, 0.5) is 4.79 Å². The maximum Gasteiger partial charge on any atom is 3.00 e. The molecule has 8 unspecified atom stereocenters. The van der Waals surface area contributed by atoms with Crippen LogP contribution < -0.4 is 205 Å². The molecule has 608 valence electrons. The van der Waals surface area contributed by atoms with E-state index in [1.807, 2.05) is 6.92 Å². The summed E-state index contributed by atoms with van der Waals surface area (Å²) >= 11 is 0. The number of carbonyl (C=O) groups excluding carboxylic acids is 9. The summed E-state index contributed by atoms with van der Waals surface area (Å²) in [4.78, 5) is 149. The summed E-state index contributed by atoms with van der Waals surface area (Å²) in [5.74, 6) is -16.4. The van der Waals surface area contributed by atoms with Crippen molar-refractivity contribution >= 4 is 71.8 Å². The minimum atomic E-state index is -1.63. The maximum atomic E-state index is 13.9. The predicted octanol–water partition coefficient (Wildman–Crippen LogP) is -25.7. The number of hydrogen-bond acceptors (Lipinski definition) is 33. The Morgan fingerprint density at radius 3 is 1.24 bits per heavy atom. The number of unbranched alkanes of at least 4 members (excludes halogenated alkanes) is 2. The molecule has 2 radical (unpaired) electrons. The second-order valence-corrected chi connectivity index (χ2v) is 29.4. The Balaban J connectivity index is -0.0000170. The molecule has 5 fully saturated rings. The first kappa shape index (κ1) is 117. The first-order valence-electron chi connectivity index (χ1n) is 36.1. The zero-order valence-electron chi connectivity index (χ0n) is 65.8. The fourth-order valence-corrected chi connectivity index (χ4v) is 17.4. The fraction of sp³-hybridized carbons (Fsp3) is 0.824. The van der Waals surface area contributed by atoms with Crippen LogP contribution in [0, 0.1) is 126 Å². The Morgan fingerprint density at radius 1 is 0.482 bits per heavy atom. The maximum absolute atomic E-state index is 13.9. The first-order valence-corrected chi connectivity index (χ1v) is 36.1. The third-order valence-corrected chi connectivity index (χ3v) is 22.4. The van der Waals surface area contributed by atoms with Gasteiger partial charge in [0, 0.05) is 109 Å². The van der Waals surface area contributed by atoms with Crippen molar-refractivity contribution < 1.29 is 366 Å². The molecule has 16 atom stereocenters. The molecule has 0 bridgehead atoms. The molecule has 0 aromatic carbocycles. The fourth-order valence-electron chi connectivity index (χ4n) is 17.4. The minimum Gasteiger partial charge on any atom is -0.550 e. The molecule has 5 aliphatic rings. The average Bonchev–Trinajstić information content (AvgIpc) is 1.40. The number of aliphatic carboxylic acids is 11. The Morgan fingerprint density at radius 2 is 0.875 bits per heavy atom. The van der Waals surface area contributed by atoms with Gasteiger partial charge in [-0.15, -0.1) is 0 Å². The van der Waals surface area contributed by atoms with Gasteiger partial charge in [-0.1, -0.05) is 33.6 Å². The standard InChI is InChI=1S/C68H113N9O28.2Gd.5Na/c1-41(10-13-54(80)81)45-11-12-46-63-47(30-53(79)68(45,46)3)67(2)15-14-44(26-42(67)27-50(63)78)105-66(102)71-43-28-51(103-39-69-16-6-4-8-48(64(98)99)76(22-18-72(31-55(82)83)32-56(84)85)23-19-73(33-57(86)87)34-58(88)89)52(29-43)104-40-70-17-7-5-9-49(65(100)101)77(24-20-74(35-59(90)91)36-60(92)93)25-21-75(37-61(94)95)38-62(96)97;;;;;;;/h41-53,63,69-70,78-79H,4-40H2,1-3H3,(H,71,102)(H,80,81)(H,82,83)(H,84,85)(H,86,87)(H,88,89)(H,90,91)(H,92,93)(H,94,95)(H,96,97)(H,98,99)(H,100,101);;;;;;;/q;2*+3;5*+1/p-8/t41?,42-,43?,44+,45+,46?,47?,48-,49-,50+,51?,52?,53?,63?,67-,68+;;;;;;;/m0......./s1. The monoisotopic (exact) mass is 1930 g/mol. The Hall–Kier alpha value is 0.609. The molecule has 0 aromatic rings. The third-order valence-electron chi connectivity index (χ3n) is 22.4. The quantitative estimate of drug-likeness (QED) is 0.0159. The number of aliphatic hydroxyl groups is 2. The van der Waals surface area contributed by atoms with E-state index in [9.17, 15) is 124 Å². The van der Waals surface area contributed by atoms with Gasteiger partial charge < -0.3 is 124 Å². The van der Waals surface area contributed by atoms with E-state index in [2.05, 4.69) is 29.8 Å². The van der Waals surface area contributed by atoms with E-state index in [1.165, 1.54) is 9.80 Å². The van der Waals surface area contributed by atoms with Crippen LogP contribution in [0.2, 0.25) is 0 Å². The number of alkyl carbamates (subject to hydrolysis) is 1. The predicted molar refractivity (Wildman–Crippen MR) is 345 cm³/mol. The second-order valence-electron chi connectivity index (χ2n) is 29.4. The number of aliphatic hydroxyl groups excluding tert-OH is 2. The molecule has 5 rings (SSSR count). The zero-order valence-corrected chi connectivity index (χ0v) is 80.3. The van der Waals surface area contributed by atoms with Crippen molar-refractivity contribution in [2.45, 2.75) is 179 Å². The van der Waals surface area contributed by atoms with Gasteiger partial charge in [-0.05, 0) is 156 Å². The molecule has 0 heterocycles. The molecule has 0 aliphatic heterocycles. The van der Waals surface area contributed by atoms with Crippen molar-refractivity contribution in [3.63, 3.8) is 0 Å². The number of hydrogen-bond donors (Lipinski definition) is 8. The number of carboxylic acids is 11. The zero-order chi connectivity index (χ0) is 77.9. The molecule has 0 spiro atoms. The van der Waals surface area contributed by atoms with Crippen molar-refractivity contribution in [2.24, 2.45) is 46.3 Å². The van der Waals surface area contributed by atoms with Crippen LogP contribution in [0.5, 0.6) is 0 Å². The van der Waals surface area contributed by atoms with Gasteiger partial charge in [0.1, 0.15) is 6.10 Å². The van der Waals surface area contributed by atoms with Crippen LogP contribution in [0.15, 0.2) is 0 Å². The van der Waals surface area contributed by atoms with Crippen molar-refractivity contribution in [3.8, 4) is 0 Å². The SMILES string of the molecule is CC(CCC(=O)[O-])[C@H]1CCC2C3C(CC(O)[C@@]21C)[C@@]1(C)CC[C@@H](OC(=O)NC2CC(OCNCCCC[C@@H](C(=O)[O-])N(CCN(CC(=O)[O-])CC(=O)[O-])CCN(CC(=O)[O-])CC(=O)O)C(OCNCCCC[C@@H](C(=O)[O-])N(CCN(CC(=O)[O-])CC(=O)O)CCN(CC(=O)[O-])CC(=O)O)C2)C[C@H]1C[C@H]3O.[Gd+3].[Gd+3].[Na+].[Na+].[Na+].[Na+].[Na+]. The van der Waals surface area contributed by atoms with Gasteiger partial charge >= 0.3 is 252 Å². The third kappa shape index (κ3) is 39.9. The van der Waals surface area contributed by atoms with Gasteiger partial charge in [0.05, 0.1) is 99.3 Å².